The fraction of sp³-hybridized carbons (Fsp3) is 0.500. The van der Waals surface area contributed by atoms with Crippen LogP contribution in [0.3, 0.4) is 0 Å². The molecule has 0 aliphatic heterocycles. The average molecular weight is 381 g/mol. The highest BCUT2D eigenvalue weighted by atomic mass is 35.5. The number of nitrogens with one attached hydrogen (secondary N) is 1. The molecule has 1 aliphatic carbocycles. The van der Waals surface area contributed by atoms with Crippen molar-refractivity contribution in [3.05, 3.63) is 46.2 Å². The van der Waals surface area contributed by atoms with Crippen LogP contribution in [0.25, 0.3) is 0 Å². The molecule has 3 rings (SSSR count). The van der Waals surface area contributed by atoms with E-state index >= 15 is 0 Å². The zero-order valence-corrected chi connectivity index (χ0v) is 16.4. The molecule has 0 spiro atoms. The van der Waals surface area contributed by atoms with Crippen molar-refractivity contribution in [3.63, 3.8) is 0 Å². The maximum Gasteiger partial charge on any atom is 0.161 e. The molecule has 0 amide bonds. The van der Waals surface area contributed by atoms with Gasteiger partial charge in [0.05, 0.1) is 7.11 Å². The summed E-state index contributed by atoms with van der Waals surface area (Å²) in [6.07, 6.45) is 8.11. The van der Waals surface area contributed by atoms with E-state index in [0.29, 0.717) is 12.6 Å². The third-order valence-corrected chi connectivity index (χ3v) is 5.48. The van der Waals surface area contributed by atoms with Crippen molar-refractivity contribution in [2.45, 2.75) is 57.7 Å². The zero-order valence-electron chi connectivity index (χ0n) is 14.8. The van der Waals surface area contributed by atoms with Gasteiger partial charge in [-0.1, -0.05) is 37.8 Å². The van der Waals surface area contributed by atoms with E-state index in [2.05, 4.69) is 28.9 Å². The summed E-state index contributed by atoms with van der Waals surface area (Å²) in [7, 11) is 1.70. The van der Waals surface area contributed by atoms with E-state index in [4.69, 9.17) is 9.47 Å². The van der Waals surface area contributed by atoms with Gasteiger partial charge in [-0.25, -0.2) is 0 Å². The first-order valence-electron chi connectivity index (χ1n) is 8.90. The van der Waals surface area contributed by atoms with Gasteiger partial charge < -0.3 is 27.2 Å². The second-order valence-electron chi connectivity index (χ2n) is 6.42. The van der Waals surface area contributed by atoms with Crippen LogP contribution in [0.4, 0.5) is 0 Å². The topological polar surface area (TPSA) is 30.5 Å². The van der Waals surface area contributed by atoms with Gasteiger partial charge in [-0.2, -0.15) is 0 Å². The van der Waals surface area contributed by atoms with Crippen LogP contribution in [0.1, 0.15) is 49.0 Å². The monoisotopic (exact) mass is 380 g/mol. The fourth-order valence-corrected chi connectivity index (χ4v) is 3.85. The number of rotatable bonds is 7. The fourth-order valence-electron chi connectivity index (χ4n) is 3.23. The van der Waals surface area contributed by atoms with Crippen LogP contribution in [0, 0.1) is 0 Å². The molecule has 0 radical (unpaired) electrons. The number of thiophene rings is 1. The van der Waals surface area contributed by atoms with Gasteiger partial charge in [-0.3, -0.25) is 0 Å². The Labute approximate surface area is 161 Å². The Morgan fingerprint density at radius 2 is 1.88 bits per heavy atom. The second kappa shape index (κ2) is 10.7. The minimum absolute atomic E-state index is 0. The molecule has 1 aliphatic rings. The van der Waals surface area contributed by atoms with E-state index < -0.39 is 0 Å². The van der Waals surface area contributed by atoms with Crippen molar-refractivity contribution in [1.29, 1.82) is 0 Å². The lowest BCUT2D eigenvalue weighted by Gasteiger charge is -2.17. The summed E-state index contributed by atoms with van der Waals surface area (Å²) in [6.45, 7) is 1.49. The van der Waals surface area contributed by atoms with Crippen LogP contribution in [0.15, 0.2) is 35.7 Å². The Balaban J connectivity index is 0.00000225. The van der Waals surface area contributed by atoms with E-state index in [0.717, 1.165) is 18.0 Å². The molecule has 1 N–H and O–H groups in total. The predicted octanol–water partition coefficient (Wildman–Crippen LogP) is 2.15. The van der Waals surface area contributed by atoms with E-state index in [1.165, 1.54) is 49.0 Å². The molecule has 0 bridgehead atoms. The molecule has 0 unspecified atom stereocenters. The molecule has 138 valence electrons. The Kier molecular flexibility index (Phi) is 8.59. The summed E-state index contributed by atoms with van der Waals surface area (Å²) in [5.41, 5.74) is 1.25. The smallest absolute Gasteiger partial charge is 0.161 e. The third kappa shape index (κ3) is 6.21. The molecule has 1 aromatic heterocycles. The van der Waals surface area contributed by atoms with Gasteiger partial charge in [0.15, 0.2) is 11.5 Å². The van der Waals surface area contributed by atoms with Gasteiger partial charge in [0.2, 0.25) is 0 Å². The Hall–Kier alpha value is -1.23. The molecular weight excluding hydrogens is 354 g/mol. The van der Waals surface area contributed by atoms with Crippen molar-refractivity contribution >= 4 is 11.3 Å². The number of ether oxygens (including phenoxy) is 2. The highest BCUT2D eigenvalue weighted by Crippen LogP contribution is 2.29. The summed E-state index contributed by atoms with van der Waals surface area (Å²) < 4.78 is 11.4. The molecular formula is C20H27ClNO2S-. The van der Waals surface area contributed by atoms with Crippen LogP contribution in [-0.4, -0.2) is 13.2 Å². The van der Waals surface area contributed by atoms with E-state index in [1.54, 1.807) is 18.4 Å². The quantitative estimate of drug-likeness (QED) is 0.746. The predicted molar refractivity (Wildman–Crippen MR) is 100.0 cm³/mol. The molecule has 5 heteroatoms. The summed E-state index contributed by atoms with van der Waals surface area (Å²) in [6, 6.07) is 11.0. The summed E-state index contributed by atoms with van der Waals surface area (Å²) in [4.78, 5) is 1.22. The van der Waals surface area contributed by atoms with E-state index in [-0.39, 0.29) is 12.4 Å². The third-order valence-electron chi connectivity index (χ3n) is 4.63. The van der Waals surface area contributed by atoms with E-state index in [9.17, 15) is 0 Å². The Morgan fingerprint density at radius 1 is 1.08 bits per heavy atom. The standard InChI is InChI=1S/C20H27NO2S.ClH/c1-22-20-13-16(14-21-17-7-4-2-3-5-8-17)10-11-19(20)23-15-18-9-6-12-24-18;/h6,9-13,17,21H,2-5,7-8,14-15H2,1H3;1H/p-1. The van der Waals surface area contributed by atoms with Crippen molar-refractivity contribution in [1.82, 2.24) is 5.32 Å². The largest absolute Gasteiger partial charge is 1.00 e. The van der Waals surface area contributed by atoms with Crippen molar-refractivity contribution < 1.29 is 21.9 Å². The van der Waals surface area contributed by atoms with Gasteiger partial charge in [-0.05, 0) is 42.0 Å². The molecule has 25 heavy (non-hydrogen) atoms. The molecule has 1 fully saturated rings. The first-order valence-corrected chi connectivity index (χ1v) is 9.78. The number of halogens is 1. The zero-order chi connectivity index (χ0) is 16.6. The van der Waals surface area contributed by atoms with Crippen LogP contribution < -0.4 is 27.2 Å². The van der Waals surface area contributed by atoms with Crippen LogP contribution in [0.5, 0.6) is 11.5 Å². The van der Waals surface area contributed by atoms with Crippen molar-refractivity contribution in [2.24, 2.45) is 0 Å². The van der Waals surface area contributed by atoms with Crippen molar-refractivity contribution in [2.75, 3.05) is 7.11 Å². The van der Waals surface area contributed by atoms with Gasteiger partial charge >= 0.3 is 0 Å². The average Bonchev–Trinajstić information content (AvgIpc) is 3.00. The summed E-state index contributed by atoms with van der Waals surface area (Å²) in [5.74, 6) is 1.62. The lowest BCUT2D eigenvalue weighted by Crippen LogP contribution is -3.00. The number of hydrogen-bond donors (Lipinski definition) is 1. The lowest BCUT2D eigenvalue weighted by atomic mass is 10.1. The van der Waals surface area contributed by atoms with E-state index in [1.807, 2.05) is 12.1 Å². The number of benzene rings is 1. The lowest BCUT2D eigenvalue weighted by molar-refractivity contribution is -0.00000551. The van der Waals surface area contributed by atoms with Crippen LogP contribution in [0.2, 0.25) is 0 Å². The minimum atomic E-state index is 0. The normalized spacial score (nSPS) is 15.2. The summed E-state index contributed by atoms with van der Waals surface area (Å²) >= 11 is 1.71. The Bertz CT molecular complexity index is 610. The molecule has 1 heterocycles. The molecule has 0 atom stereocenters. The van der Waals surface area contributed by atoms with Gasteiger partial charge in [-0.15, -0.1) is 11.3 Å². The molecule has 3 nitrogen and oxygen atoms in total. The van der Waals surface area contributed by atoms with Gasteiger partial charge in [0.1, 0.15) is 6.61 Å². The first kappa shape index (κ1) is 20.1. The Morgan fingerprint density at radius 3 is 2.56 bits per heavy atom. The molecule has 0 saturated heterocycles. The SMILES string of the molecule is COc1cc(CNC2CCCCCC2)ccc1OCc1cccs1.[Cl-]. The second-order valence-corrected chi connectivity index (χ2v) is 7.45. The maximum absolute atomic E-state index is 5.90. The van der Waals surface area contributed by atoms with Crippen LogP contribution >= 0.6 is 11.3 Å². The van der Waals surface area contributed by atoms with Crippen LogP contribution in [-0.2, 0) is 13.2 Å². The van der Waals surface area contributed by atoms with Gasteiger partial charge in [0, 0.05) is 17.5 Å². The summed E-state index contributed by atoms with van der Waals surface area (Å²) in [5, 5.41) is 5.78. The molecule has 1 aromatic carbocycles. The maximum atomic E-state index is 5.90. The molecule has 2 aromatic rings. The number of methoxy groups -OCH3 is 1. The highest BCUT2D eigenvalue weighted by molar-refractivity contribution is 7.09. The van der Waals surface area contributed by atoms with Crippen molar-refractivity contribution in [3.8, 4) is 11.5 Å². The van der Waals surface area contributed by atoms with Gasteiger partial charge in [0.25, 0.3) is 0 Å². The molecule has 1 saturated carbocycles. The first-order chi connectivity index (χ1) is 11.8. The number of hydrogen-bond acceptors (Lipinski definition) is 4. The minimum Gasteiger partial charge on any atom is -1.00 e. The highest BCUT2D eigenvalue weighted by Gasteiger charge is 2.12.